The molecule has 0 aliphatic rings. The number of nitrogen functional groups attached to an aromatic ring is 1. The molecule has 0 aliphatic heterocycles. The van der Waals surface area contributed by atoms with Crippen LogP contribution in [0.5, 0.6) is 5.75 Å². The number of hydrogen-bond donors (Lipinski definition) is 3. The van der Waals surface area contributed by atoms with Crippen molar-refractivity contribution in [2.75, 3.05) is 16.4 Å². The van der Waals surface area contributed by atoms with Gasteiger partial charge in [-0.1, -0.05) is 12.1 Å². The van der Waals surface area contributed by atoms with Crippen LogP contribution in [0.25, 0.3) is 0 Å². The van der Waals surface area contributed by atoms with Crippen LogP contribution in [0, 0.1) is 0 Å². The largest absolute Gasteiger partial charge is 0.573 e. The molecule has 0 saturated carbocycles. The number of urea groups is 1. The van der Waals surface area contributed by atoms with Gasteiger partial charge in [-0.2, -0.15) is 0 Å². The Balaban J connectivity index is 2.01. The zero-order chi connectivity index (χ0) is 16.2. The summed E-state index contributed by atoms with van der Waals surface area (Å²) in [5, 5.41) is 4.90. The number of ether oxygens (including phenoxy) is 1. The summed E-state index contributed by atoms with van der Waals surface area (Å²) in [6, 6.07) is 10.8. The topological polar surface area (TPSA) is 76.4 Å². The molecular weight excluding hydrogens is 299 g/mol. The van der Waals surface area contributed by atoms with Gasteiger partial charge in [0.1, 0.15) is 5.75 Å². The fraction of sp³-hybridized carbons (Fsp3) is 0.0714. The van der Waals surface area contributed by atoms with Gasteiger partial charge < -0.3 is 21.1 Å². The van der Waals surface area contributed by atoms with Gasteiger partial charge in [0.25, 0.3) is 0 Å². The Bertz CT molecular complexity index is 674. The van der Waals surface area contributed by atoms with Gasteiger partial charge in [0.15, 0.2) is 0 Å². The van der Waals surface area contributed by atoms with E-state index in [1.807, 2.05) is 0 Å². The molecule has 0 aromatic heterocycles. The third-order valence-electron chi connectivity index (χ3n) is 2.47. The molecule has 4 N–H and O–H groups in total. The second-order valence-corrected chi connectivity index (χ2v) is 4.28. The molecule has 0 atom stereocenters. The Kier molecular flexibility index (Phi) is 4.40. The first-order valence-corrected chi connectivity index (χ1v) is 6.11. The number of alkyl halides is 3. The highest BCUT2D eigenvalue weighted by Gasteiger charge is 2.31. The number of hydrogen-bond acceptors (Lipinski definition) is 3. The Labute approximate surface area is 123 Å². The van der Waals surface area contributed by atoms with Crippen molar-refractivity contribution < 1.29 is 22.7 Å². The third-order valence-corrected chi connectivity index (χ3v) is 2.47. The monoisotopic (exact) mass is 311 g/mol. The lowest BCUT2D eigenvalue weighted by atomic mass is 10.3. The Morgan fingerprint density at radius 1 is 1.00 bits per heavy atom. The van der Waals surface area contributed by atoms with Crippen LogP contribution in [0.1, 0.15) is 0 Å². The molecule has 116 valence electrons. The zero-order valence-corrected chi connectivity index (χ0v) is 11.1. The smallest absolute Gasteiger partial charge is 0.406 e. The summed E-state index contributed by atoms with van der Waals surface area (Å²) < 4.78 is 40.2. The van der Waals surface area contributed by atoms with Crippen LogP contribution >= 0.6 is 0 Å². The molecule has 0 aliphatic carbocycles. The van der Waals surface area contributed by atoms with Gasteiger partial charge in [-0.25, -0.2) is 4.79 Å². The maximum absolute atomic E-state index is 12.1. The number of nitrogens with two attached hydrogens (primary N) is 1. The summed E-state index contributed by atoms with van der Waals surface area (Å²) in [5.74, 6) is -0.422. The second kappa shape index (κ2) is 6.25. The molecule has 0 unspecified atom stereocenters. The highest BCUT2D eigenvalue weighted by molar-refractivity contribution is 6.00. The van der Waals surface area contributed by atoms with E-state index in [4.69, 9.17) is 5.73 Å². The second-order valence-electron chi connectivity index (χ2n) is 4.28. The van der Waals surface area contributed by atoms with Gasteiger partial charge in [-0.15, -0.1) is 13.2 Å². The number of anilines is 3. The summed E-state index contributed by atoms with van der Waals surface area (Å²) in [6.45, 7) is 0. The van der Waals surface area contributed by atoms with Crippen LogP contribution < -0.4 is 21.1 Å². The average molecular weight is 311 g/mol. The highest BCUT2D eigenvalue weighted by Crippen LogP contribution is 2.25. The van der Waals surface area contributed by atoms with Gasteiger partial charge >= 0.3 is 12.4 Å². The van der Waals surface area contributed by atoms with Crippen molar-refractivity contribution in [1.29, 1.82) is 0 Å². The molecule has 0 heterocycles. The summed E-state index contributed by atoms with van der Waals surface area (Å²) in [4.78, 5) is 11.8. The van der Waals surface area contributed by atoms with E-state index in [1.165, 1.54) is 12.1 Å². The van der Waals surface area contributed by atoms with Gasteiger partial charge in [0.2, 0.25) is 0 Å². The molecule has 0 radical (unpaired) electrons. The van der Waals surface area contributed by atoms with E-state index in [0.717, 1.165) is 12.1 Å². The number of carbonyl (C=O) groups is 1. The molecule has 2 aromatic rings. The van der Waals surface area contributed by atoms with Crippen LogP contribution in [-0.2, 0) is 0 Å². The van der Waals surface area contributed by atoms with Crippen molar-refractivity contribution in [3.8, 4) is 5.75 Å². The van der Waals surface area contributed by atoms with Crippen molar-refractivity contribution in [3.05, 3.63) is 48.5 Å². The summed E-state index contributed by atoms with van der Waals surface area (Å²) in [7, 11) is 0. The number of amides is 2. The summed E-state index contributed by atoms with van der Waals surface area (Å²) in [5.41, 5.74) is 6.66. The zero-order valence-electron chi connectivity index (χ0n) is 11.1. The van der Waals surface area contributed by atoms with E-state index in [1.54, 1.807) is 24.3 Å². The molecule has 0 saturated heterocycles. The number of halogens is 3. The molecule has 0 spiro atoms. The minimum atomic E-state index is -4.79. The van der Waals surface area contributed by atoms with E-state index in [0.29, 0.717) is 11.4 Å². The highest BCUT2D eigenvalue weighted by atomic mass is 19.4. The lowest BCUT2D eigenvalue weighted by Crippen LogP contribution is -2.20. The number of nitrogens with one attached hydrogen (secondary N) is 2. The fourth-order valence-electron chi connectivity index (χ4n) is 1.68. The molecule has 2 rings (SSSR count). The van der Waals surface area contributed by atoms with Crippen LogP contribution in [-0.4, -0.2) is 12.4 Å². The molecule has 5 nitrogen and oxygen atoms in total. The number of rotatable bonds is 3. The van der Waals surface area contributed by atoms with E-state index >= 15 is 0 Å². The van der Waals surface area contributed by atoms with Crippen molar-refractivity contribution in [3.63, 3.8) is 0 Å². The number of benzene rings is 2. The van der Waals surface area contributed by atoms with E-state index in [9.17, 15) is 18.0 Å². The van der Waals surface area contributed by atoms with Crippen LogP contribution in [0.4, 0.5) is 35.0 Å². The van der Waals surface area contributed by atoms with Gasteiger partial charge in [0.05, 0.1) is 0 Å². The lowest BCUT2D eigenvalue weighted by Gasteiger charge is -2.11. The summed E-state index contributed by atoms with van der Waals surface area (Å²) >= 11 is 0. The minimum absolute atomic E-state index is 0.156. The molecular formula is C14H12F3N3O2. The Morgan fingerprint density at radius 3 is 2.18 bits per heavy atom. The Hall–Kier alpha value is -2.90. The molecule has 2 amide bonds. The van der Waals surface area contributed by atoms with Crippen LogP contribution in [0.2, 0.25) is 0 Å². The first-order valence-electron chi connectivity index (χ1n) is 6.11. The maximum atomic E-state index is 12.1. The molecule has 0 bridgehead atoms. The van der Waals surface area contributed by atoms with E-state index < -0.39 is 18.1 Å². The van der Waals surface area contributed by atoms with Crippen LogP contribution in [0.3, 0.4) is 0 Å². The predicted molar refractivity (Wildman–Crippen MR) is 76.6 cm³/mol. The van der Waals surface area contributed by atoms with Crippen molar-refractivity contribution in [2.45, 2.75) is 6.36 Å². The van der Waals surface area contributed by atoms with Crippen molar-refractivity contribution >= 4 is 23.1 Å². The summed E-state index contributed by atoms with van der Waals surface area (Å²) in [6.07, 6.45) is -4.79. The average Bonchev–Trinajstić information content (AvgIpc) is 2.36. The first-order chi connectivity index (χ1) is 10.3. The molecule has 2 aromatic carbocycles. The lowest BCUT2D eigenvalue weighted by molar-refractivity contribution is -0.274. The third kappa shape index (κ3) is 4.89. The van der Waals surface area contributed by atoms with Gasteiger partial charge in [0, 0.05) is 23.1 Å². The van der Waals surface area contributed by atoms with Crippen LogP contribution in [0.15, 0.2) is 48.5 Å². The van der Waals surface area contributed by atoms with Crippen molar-refractivity contribution in [1.82, 2.24) is 0 Å². The number of carbonyl (C=O) groups excluding carboxylic acids is 1. The SMILES string of the molecule is Nc1cccc(NC(=O)Nc2cccc(OC(F)(F)F)c2)c1. The van der Waals surface area contributed by atoms with Gasteiger partial charge in [-0.05, 0) is 30.3 Å². The maximum Gasteiger partial charge on any atom is 0.573 e. The molecule has 0 fully saturated rings. The quantitative estimate of drug-likeness (QED) is 0.754. The van der Waals surface area contributed by atoms with Crippen molar-refractivity contribution in [2.24, 2.45) is 0 Å². The van der Waals surface area contributed by atoms with E-state index in [-0.39, 0.29) is 5.69 Å². The Morgan fingerprint density at radius 2 is 1.59 bits per heavy atom. The van der Waals surface area contributed by atoms with Gasteiger partial charge in [-0.3, -0.25) is 0 Å². The predicted octanol–water partition coefficient (Wildman–Crippen LogP) is 3.81. The first kappa shape index (κ1) is 15.5. The molecule has 22 heavy (non-hydrogen) atoms. The molecule has 8 heteroatoms. The van der Waals surface area contributed by atoms with E-state index in [2.05, 4.69) is 15.4 Å². The normalized spacial score (nSPS) is 10.9. The fourth-order valence-corrected chi connectivity index (χ4v) is 1.68. The standard InChI is InChI=1S/C14H12F3N3O2/c15-14(16,17)22-12-6-2-5-11(8-12)20-13(21)19-10-4-1-3-9(18)7-10/h1-8H,18H2,(H2,19,20,21). The minimum Gasteiger partial charge on any atom is -0.406 e.